The zero-order valence-corrected chi connectivity index (χ0v) is 21.2. The molecule has 36 heavy (non-hydrogen) atoms. The van der Waals surface area contributed by atoms with Gasteiger partial charge in [0.25, 0.3) is 0 Å². The van der Waals surface area contributed by atoms with Gasteiger partial charge in [0.1, 0.15) is 29.6 Å². The molecule has 10 heteroatoms. The van der Waals surface area contributed by atoms with E-state index < -0.39 is 17.1 Å². The highest BCUT2D eigenvalue weighted by atomic mass is 19.4. The Bertz CT molecular complexity index is 1350. The van der Waals surface area contributed by atoms with E-state index in [4.69, 9.17) is 9.97 Å². The molecule has 190 valence electrons. The number of aryl methyl sites for hydroxylation is 2. The fourth-order valence-electron chi connectivity index (χ4n) is 6.56. The monoisotopic (exact) mass is 497 g/mol. The Morgan fingerprint density at radius 1 is 1.08 bits per heavy atom. The maximum atomic E-state index is 13.6. The molecular formula is C26H30F3N7. The van der Waals surface area contributed by atoms with Crippen LogP contribution in [0.5, 0.6) is 0 Å². The average Bonchev–Trinajstić information content (AvgIpc) is 3.25. The first kappa shape index (κ1) is 23.2. The van der Waals surface area contributed by atoms with E-state index >= 15 is 0 Å². The molecule has 3 aliphatic carbocycles. The molecule has 0 amide bonds. The van der Waals surface area contributed by atoms with Gasteiger partial charge in [-0.2, -0.15) is 18.3 Å². The largest absolute Gasteiger partial charge is 0.394 e. The number of nitrogens with zero attached hydrogens (tertiary/aromatic N) is 6. The minimum atomic E-state index is -4.13. The van der Waals surface area contributed by atoms with E-state index in [0.29, 0.717) is 24.6 Å². The highest BCUT2D eigenvalue weighted by Crippen LogP contribution is 2.76. The van der Waals surface area contributed by atoms with Crippen molar-refractivity contribution in [3.8, 4) is 5.69 Å². The lowest BCUT2D eigenvalue weighted by Crippen LogP contribution is -2.79. The summed E-state index contributed by atoms with van der Waals surface area (Å²) in [6, 6.07) is 6.14. The van der Waals surface area contributed by atoms with Gasteiger partial charge in [-0.05, 0) is 50.3 Å². The van der Waals surface area contributed by atoms with Gasteiger partial charge in [-0.25, -0.2) is 19.6 Å². The Hall–Kier alpha value is -3.17. The average molecular weight is 498 g/mol. The van der Waals surface area contributed by atoms with Crippen LogP contribution in [0.15, 0.2) is 24.5 Å². The second kappa shape index (κ2) is 7.20. The van der Waals surface area contributed by atoms with Gasteiger partial charge in [0.15, 0.2) is 0 Å². The third-order valence-electron chi connectivity index (χ3n) is 8.31. The summed E-state index contributed by atoms with van der Waals surface area (Å²) in [4.78, 5) is 16.2. The fraction of sp³-hybridized carbons (Fsp3) is 0.538. The van der Waals surface area contributed by atoms with Crippen molar-refractivity contribution in [3.63, 3.8) is 0 Å². The van der Waals surface area contributed by atoms with Crippen molar-refractivity contribution in [1.29, 1.82) is 0 Å². The van der Waals surface area contributed by atoms with Crippen LogP contribution in [0.4, 0.5) is 24.8 Å². The van der Waals surface area contributed by atoms with E-state index in [-0.39, 0.29) is 24.7 Å². The highest BCUT2D eigenvalue weighted by molar-refractivity contribution is 5.70. The van der Waals surface area contributed by atoms with Crippen molar-refractivity contribution in [2.45, 2.75) is 70.5 Å². The van der Waals surface area contributed by atoms with Crippen LogP contribution in [-0.4, -0.2) is 50.0 Å². The number of hydrogen-bond donors (Lipinski definition) is 1. The van der Waals surface area contributed by atoms with Crippen molar-refractivity contribution >= 4 is 11.6 Å². The van der Waals surface area contributed by atoms with Gasteiger partial charge in [0, 0.05) is 36.5 Å². The number of nitrogens with one attached hydrogen (secondary N) is 1. The van der Waals surface area contributed by atoms with Crippen LogP contribution in [0, 0.1) is 19.3 Å². The Morgan fingerprint density at radius 3 is 2.39 bits per heavy atom. The molecule has 7 rings (SSSR count). The number of alkyl halides is 3. The molecule has 3 saturated carbocycles. The number of hydrogen-bond acceptors (Lipinski definition) is 6. The summed E-state index contributed by atoms with van der Waals surface area (Å²) in [5, 5.41) is 7.63. The number of fused-ring (bicyclic) bond motifs is 1. The summed E-state index contributed by atoms with van der Waals surface area (Å²) in [7, 11) is 1.84. The van der Waals surface area contributed by atoms with Crippen molar-refractivity contribution in [3.05, 3.63) is 52.9 Å². The lowest BCUT2D eigenvalue weighted by Gasteiger charge is -2.73. The number of rotatable bonds is 5. The van der Waals surface area contributed by atoms with E-state index in [1.807, 2.05) is 33.0 Å². The molecular weight excluding hydrogens is 467 g/mol. The zero-order valence-electron chi connectivity index (χ0n) is 21.2. The second-order valence-electron chi connectivity index (χ2n) is 11.5. The van der Waals surface area contributed by atoms with Crippen LogP contribution in [0.25, 0.3) is 5.69 Å². The van der Waals surface area contributed by atoms with Crippen LogP contribution in [0.2, 0.25) is 0 Å². The zero-order chi connectivity index (χ0) is 25.7. The Morgan fingerprint density at radius 2 is 1.81 bits per heavy atom. The highest BCUT2D eigenvalue weighted by Gasteiger charge is 2.81. The molecule has 2 bridgehead atoms. The third kappa shape index (κ3) is 3.18. The van der Waals surface area contributed by atoms with Crippen LogP contribution in [0.3, 0.4) is 0 Å². The summed E-state index contributed by atoms with van der Waals surface area (Å²) < 4.78 is 42.4. The maximum Gasteiger partial charge on any atom is 0.394 e. The van der Waals surface area contributed by atoms with Crippen molar-refractivity contribution in [2.24, 2.45) is 5.41 Å². The molecule has 0 radical (unpaired) electrons. The van der Waals surface area contributed by atoms with Gasteiger partial charge in [-0.3, -0.25) is 0 Å². The standard InChI is InChI=1S/C26H30F3N7/c1-15-8-17(6-7-18(15)36-14-31-16(2)34-36)9-19-32-21(30-5)20-22(33-19)35(13-23(20,3)4)25-10-24(11-25,12-25)26(27,28)29/h6-8,14H,9-13H2,1-5H3,(H,30,32,33). The van der Waals surface area contributed by atoms with Gasteiger partial charge in [0.05, 0.1) is 11.1 Å². The summed E-state index contributed by atoms with van der Waals surface area (Å²) in [5.74, 6) is 2.91. The number of aromatic nitrogens is 5. The number of benzene rings is 1. The first-order valence-corrected chi connectivity index (χ1v) is 12.3. The van der Waals surface area contributed by atoms with Crippen LogP contribution in [0.1, 0.15) is 61.4 Å². The lowest BCUT2D eigenvalue weighted by molar-refractivity contribution is -0.332. The van der Waals surface area contributed by atoms with Crippen LogP contribution < -0.4 is 10.2 Å². The summed E-state index contributed by atoms with van der Waals surface area (Å²) >= 11 is 0. The molecule has 3 fully saturated rings. The Labute approximate surface area is 208 Å². The molecule has 1 N–H and O–H groups in total. The van der Waals surface area contributed by atoms with E-state index in [9.17, 15) is 13.2 Å². The maximum absolute atomic E-state index is 13.6. The Kier molecular flexibility index (Phi) is 4.65. The van der Waals surface area contributed by atoms with E-state index in [0.717, 1.165) is 34.0 Å². The summed E-state index contributed by atoms with van der Waals surface area (Å²) in [6.07, 6.45) is -1.42. The quantitative estimate of drug-likeness (QED) is 0.541. The normalized spacial score (nSPS) is 25.8. The summed E-state index contributed by atoms with van der Waals surface area (Å²) in [5.41, 5.74) is 1.86. The molecule has 0 saturated heterocycles. The molecule has 0 atom stereocenters. The van der Waals surface area contributed by atoms with Gasteiger partial charge >= 0.3 is 6.18 Å². The lowest BCUT2D eigenvalue weighted by atomic mass is 9.38. The van der Waals surface area contributed by atoms with Crippen molar-refractivity contribution in [1.82, 2.24) is 24.7 Å². The first-order chi connectivity index (χ1) is 16.9. The molecule has 1 aromatic carbocycles. The molecule has 4 aliphatic rings. The van der Waals surface area contributed by atoms with Gasteiger partial charge in [-0.1, -0.05) is 26.0 Å². The van der Waals surface area contributed by atoms with Crippen molar-refractivity contribution in [2.75, 3.05) is 23.8 Å². The molecule has 3 heterocycles. The molecule has 3 aromatic rings. The topological polar surface area (TPSA) is 71.8 Å². The van der Waals surface area contributed by atoms with E-state index in [1.165, 1.54) is 0 Å². The molecule has 7 nitrogen and oxygen atoms in total. The van der Waals surface area contributed by atoms with Gasteiger partial charge in [0.2, 0.25) is 0 Å². The first-order valence-electron chi connectivity index (χ1n) is 12.3. The van der Waals surface area contributed by atoms with Crippen molar-refractivity contribution < 1.29 is 13.2 Å². The minimum absolute atomic E-state index is 0.162. The fourth-order valence-corrected chi connectivity index (χ4v) is 6.56. The Balaban J connectivity index is 1.32. The SMILES string of the molecule is CNc1nc(Cc2ccc(-n3cnc(C)n3)c(C)c2)nc2c1C(C)(C)CN2C12CC(C(F)(F)F)(C1)C2. The predicted molar refractivity (Wildman–Crippen MR) is 131 cm³/mol. The minimum Gasteiger partial charge on any atom is -0.373 e. The van der Waals surface area contributed by atoms with E-state index in [2.05, 4.69) is 40.2 Å². The molecule has 2 aromatic heterocycles. The van der Waals surface area contributed by atoms with Gasteiger partial charge in [-0.15, -0.1) is 0 Å². The second-order valence-corrected chi connectivity index (χ2v) is 11.5. The smallest absolute Gasteiger partial charge is 0.373 e. The number of anilines is 2. The van der Waals surface area contributed by atoms with Crippen LogP contribution >= 0.6 is 0 Å². The van der Waals surface area contributed by atoms with Gasteiger partial charge < -0.3 is 10.2 Å². The molecule has 0 spiro atoms. The van der Waals surface area contributed by atoms with Crippen LogP contribution in [-0.2, 0) is 11.8 Å². The third-order valence-corrected chi connectivity index (χ3v) is 8.31. The molecule has 0 unspecified atom stereocenters. The predicted octanol–water partition coefficient (Wildman–Crippen LogP) is 4.89. The van der Waals surface area contributed by atoms with E-state index in [1.54, 1.807) is 11.0 Å². The molecule has 1 aliphatic heterocycles. The number of halogens is 3. The summed E-state index contributed by atoms with van der Waals surface area (Å²) in [6.45, 7) is 8.77.